The summed E-state index contributed by atoms with van der Waals surface area (Å²) in [6.45, 7) is -0.341. The van der Waals surface area contributed by atoms with Crippen LogP contribution in [0.5, 0.6) is 0 Å². The fourth-order valence-electron chi connectivity index (χ4n) is 6.23. The molecule has 4 aliphatic rings. The molecule has 4 saturated carbocycles. The first kappa shape index (κ1) is 22.3. The largest absolute Gasteiger partial charge is 0.416 e. The molecule has 0 spiro atoms. The maximum atomic E-state index is 12.8. The Morgan fingerprint density at radius 3 is 2.19 bits per heavy atom. The second-order valence-electron chi connectivity index (χ2n) is 9.53. The summed E-state index contributed by atoms with van der Waals surface area (Å²) in [4.78, 5) is 34.6. The summed E-state index contributed by atoms with van der Waals surface area (Å²) in [6, 6.07) is 1.93. The second kappa shape index (κ2) is 8.25. The maximum absolute atomic E-state index is 12.8. The number of nitrogens with one attached hydrogen (secondary N) is 3. The van der Waals surface area contributed by atoms with E-state index in [-0.39, 0.29) is 23.6 Å². The minimum Gasteiger partial charge on any atom is -0.347 e. The van der Waals surface area contributed by atoms with Gasteiger partial charge in [-0.25, -0.2) is 0 Å². The summed E-state index contributed by atoms with van der Waals surface area (Å²) in [7, 11) is 0. The Balaban J connectivity index is 1.27. The van der Waals surface area contributed by atoms with Crippen molar-refractivity contribution < 1.29 is 27.7 Å². The zero-order valence-corrected chi connectivity index (χ0v) is 17.3. The standard InChI is InChI=1S/C21H25F3N4O4/c22-21(23,24)15-1-2-16(17(6-15)28(31)32)26-27-19(30)11-25-18(29)10-20-7-12-3-13(8-20)5-14(4-12)9-20/h1-2,6,12-14,26H,3-5,7-11H2,(H,25,29)(H,27,30). The van der Waals surface area contributed by atoms with Crippen molar-refractivity contribution in [2.45, 2.75) is 51.1 Å². The third-order valence-electron chi connectivity index (χ3n) is 7.01. The van der Waals surface area contributed by atoms with Gasteiger partial charge in [0, 0.05) is 12.5 Å². The number of alkyl halides is 3. The molecular weight excluding hydrogens is 429 g/mol. The molecule has 8 nitrogen and oxygen atoms in total. The van der Waals surface area contributed by atoms with Crippen molar-refractivity contribution in [1.29, 1.82) is 0 Å². The third kappa shape index (κ3) is 4.81. The summed E-state index contributed by atoms with van der Waals surface area (Å²) in [5, 5.41) is 13.7. The van der Waals surface area contributed by atoms with Gasteiger partial charge in [0.1, 0.15) is 5.69 Å². The molecule has 0 unspecified atom stereocenters. The van der Waals surface area contributed by atoms with Gasteiger partial charge in [-0.05, 0) is 73.8 Å². The van der Waals surface area contributed by atoms with Gasteiger partial charge in [-0.1, -0.05) is 0 Å². The van der Waals surface area contributed by atoms with Crippen LogP contribution >= 0.6 is 0 Å². The molecule has 0 radical (unpaired) electrons. The molecule has 0 saturated heterocycles. The smallest absolute Gasteiger partial charge is 0.347 e. The summed E-state index contributed by atoms with van der Waals surface area (Å²) >= 11 is 0. The number of anilines is 1. The number of nitro benzene ring substituents is 1. The average molecular weight is 454 g/mol. The Morgan fingerprint density at radius 2 is 1.66 bits per heavy atom. The van der Waals surface area contributed by atoms with E-state index in [1.807, 2.05) is 0 Å². The highest BCUT2D eigenvalue weighted by atomic mass is 19.4. The zero-order chi connectivity index (χ0) is 23.1. The van der Waals surface area contributed by atoms with Gasteiger partial charge in [0.15, 0.2) is 0 Å². The van der Waals surface area contributed by atoms with E-state index in [4.69, 9.17) is 0 Å². The molecule has 4 aliphatic carbocycles. The number of halogens is 3. The molecule has 32 heavy (non-hydrogen) atoms. The van der Waals surface area contributed by atoms with E-state index in [2.05, 4.69) is 16.2 Å². The number of nitro groups is 1. The maximum Gasteiger partial charge on any atom is 0.416 e. The summed E-state index contributed by atoms with van der Waals surface area (Å²) in [6.07, 6.45) is 2.67. The van der Waals surface area contributed by atoms with E-state index in [0.717, 1.165) is 25.3 Å². The number of amides is 2. The number of benzene rings is 1. The van der Waals surface area contributed by atoms with Crippen molar-refractivity contribution in [3.8, 4) is 0 Å². The van der Waals surface area contributed by atoms with Crippen LogP contribution in [-0.2, 0) is 15.8 Å². The van der Waals surface area contributed by atoms with Gasteiger partial charge in [-0.15, -0.1) is 0 Å². The van der Waals surface area contributed by atoms with Crippen molar-refractivity contribution in [1.82, 2.24) is 10.7 Å². The number of nitrogens with zero attached hydrogens (tertiary/aromatic N) is 1. The number of hydrogen-bond acceptors (Lipinski definition) is 5. The molecule has 174 valence electrons. The van der Waals surface area contributed by atoms with Crippen LogP contribution in [0.15, 0.2) is 18.2 Å². The first-order valence-electron chi connectivity index (χ1n) is 10.7. The van der Waals surface area contributed by atoms with Gasteiger partial charge >= 0.3 is 6.18 Å². The lowest BCUT2D eigenvalue weighted by atomic mass is 9.49. The molecule has 11 heteroatoms. The fraction of sp³-hybridized carbons (Fsp3) is 0.619. The highest BCUT2D eigenvalue weighted by molar-refractivity contribution is 5.86. The molecule has 0 atom stereocenters. The Labute approximate surface area is 182 Å². The van der Waals surface area contributed by atoms with Crippen LogP contribution in [-0.4, -0.2) is 23.3 Å². The van der Waals surface area contributed by atoms with Crippen molar-refractivity contribution in [3.05, 3.63) is 33.9 Å². The highest BCUT2D eigenvalue weighted by Gasteiger charge is 2.51. The summed E-state index contributed by atoms with van der Waals surface area (Å²) in [5.74, 6) is 1.25. The molecular formula is C21H25F3N4O4. The van der Waals surface area contributed by atoms with Crippen LogP contribution in [0.3, 0.4) is 0 Å². The first-order valence-corrected chi connectivity index (χ1v) is 10.7. The van der Waals surface area contributed by atoms with Crippen molar-refractivity contribution >= 4 is 23.2 Å². The predicted octanol–water partition coefficient (Wildman–Crippen LogP) is 3.78. The lowest BCUT2D eigenvalue weighted by Gasteiger charge is -2.56. The molecule has 3 N–H and O–H groups in total. The molecule has 0 aromatic heterocycles. The number of carbonyl (C=O) groups is 2. The molecule has 4 fully saturated rings. The van der Waals surface area contributed by atoms with Gasteiger partial charge in [0.2, 0.25) is 5.91 Å². The van der Waals surface area contributed by atoms with E-state index >= 15 is 0 Å². The van der Waals surface area contributed by atoms with E-state index in [0.29, 0.717) is 36.3 Å². The van der Waals surface area contributed by atoms with Crippen LogP contribution in [0.25, 0.3) is 0 Å². The van der Waals surface area contributed by atoms with Gasteiger partial charge in [0.25, 0.3) is 11.6 Å². The van der Waals surface area contributed by atoms with Gasteiger partial charge < -0.3 is 5.32 Å². The minimum atomic E-state index is -4.73. The predicted molar refractivity (Wildman–Crippen MR) is 108 cm³/mol. The van der Waals surface area contributed by atoms with Crippen molar-refractivity contribution in [3.63, 3.8) is 0 Å². The molecule has 1 aromatic rings. The van der Waals surface area contributed by atoms with Crippen LogP contribution < -0.4 is 16.2 Å². The lowest BCUT2D eigenvalue weighted by molar-refractivity contribution is -0.384. The Morgan fingerprint density at radius 1 is 1.06 bits per heavy atom. The lowest BCUT2D eigenvalue weighted by Crippen LogP contribution is -2.48. The van der Waals surface area contributed by atoms with E-state index in [1.54, 1.807) is 0 Å². The first-order chi connectivity index (χ1) is 15.0. The SMILES string of the molecule is O=C(CC12CC3CC(CC(C3)C1)C2)NCC(=O)NNc1ccc(C(F)(F)F)cc1[N+](=O)[O-]. The van der Waals surface area contributed by atoms with Crippen LogP contribution in [0.2, 0.25) is 0 Å². The quantitative estimate of drug-likeness (QED) is 0.429. The van der Waals surface area contributed by atoms with Crippen LogP contribution in [0.1, 0.15) is 50.5 Å². The van der Waals surface area contributed by atoms with Gasteiger partial charge in [-0.3, -0.25) is 30.6 Å². The summed E-state index contributed by atoms with van der Waals surface area (Å²) < 4.78 is 38.3. The Bertz CT molecular complexity index is 899. The van der Waals surface area contributed by atoms with Crippen LogP contribution in [0.4, 0.5) is 24.5 Å². The van der Waals surface area contributed by atoms with Crippen molar-refractivity contribution in [2.75, 3.05) is 12.0 Å². The minimum absolute atomic E-state index is 0.0361. The molecule has 0 heterocycles. The monoisotopic (exact) mass is 454 g/mol. The number of hydrogen-bond donors (Lipinski definition) is 3. The van der Waals surface area contributed by atoms with E-state index in [1.165, 1.54) is 19.3 Å². The van der Waals surface area contributed by atoms with Gasteiger partial charge in [0.05, 0.1) is 17.0 Å². The molecule has 1 aromatic carbocycles. The molecule has 5 rings (SSSR count). The van der Waals surface area contributed by atoms with E-state index in [9.17, 15) is 32.9 Å². The average Bonchev–Trinajstić information content (AvgIpc) is 2.68. The van der Waals surface area contributed by atoms with E-state index < -0.39 is 28.3 Å². The Hall–Kier alpha value is -2.85. The highest BCUT2D eigenvalue weighted by Crippen LogP contribution is 2.61. The zero-order valence-electron chi connectivity index (χ0n) is 17.3. The van der Waals surface area contributed by atoms with Crippen LogP contribution in [0, 0.1) is 33.3 Å². The number of rotatable bonds is 7. The summed E-state index contributed by atoms with van der Waals surface area (Å²) in [5.41, 5.74) is 2.19. The topological polar surface area (TPSA) is 113 Å². The molecule has 2 amide bonds. The number of carbonyl (C=O) groups excluding carboxylic acids is 2. The van der Waals surface area contributed by atoms with Gasteiger partial charge in [-0.2, -0.15) is 13.2 Å². The number of hydrazine groups is 1. The fourth-order valence-corrected chi connectivity index (χ4v) is 6.23. The second-order valence-corrected chi connectivity index (χ2v) is 9.53. The third-order valence-corrected chi connectivity index (χ3v) is 7.01. The molecule has 4 bridgehead atoms. The molecule has 0 aliphatic heterocycles. The Kier molecular flexibility index (Phi) is 5.76. The normalized spacial score (nSPS) is 28.3. The van der Waals surface area contributed by atoms with Crippen molar-refractivity contribution in [2.24, 2.45) is 23.2 Å².